The molecular weight excluding hydrogens is 1100 g/mol. The normalized spacial score (nSPS) is 11.1. The Kier molecular flexibility index (Phi) is 13.2. The third kappa shape index (κ3) is 9.14. The van der Waals surface area contributed by atoms with Crippen molar-refractivity contribution in [1.29, 1.82) is 15.8 Å². The molecule has 90 heavy (non-hydrogen) atoms. The molecule has 0 saturated carbocycles. The highest BCUT2D eigenvalue weighted by Crippen LogP contribution is 2.46. The molecule has 12 aromatic carbocycles. The minimum absolute atomic E-state index is 0.440. The number of aromatic nitrogens is 5. The lowest BCUT2D eigenvalue weighted by Gasteiger charge is -2.20. The number of rotatable bonds is 10. The number of fused-ring (bicyclic) bond motifs is 6. The SMILES string of the molecule is [C-]#[N+]c1ccccc1-c1ccc2c(c1)c1cc(-c3ccccc3C#N)ccc1n2-c1ccc(-c2nc(-c3ccccc3)nc(-c3ccccc3)n2)cc1-c1ccc(C#N)cc1-n1c2ccc(-c3ccccc3C#N)cc2c2cc(-c3ccccc3[N+]#[C-])ccc21. The van der Waals surface area contributed by atoms with Crippen LogP contribution in [0.1, 0.15) is 16.7 Å². The van der Waals surface area contributed by atoms with Gasteiger partial charge < -0.3 is 9.13 Å². The summed E-state index contributed by atoms with van der Waals surface area (Å²) in [7, 11) is 0. The molecule has 0 aliphatic heterocycles. The highest BCUT2D eigenvalue weighted by Gasteiger charge is 2.25. The molecule has 0 radical (unpaired) electrons. The van der Waals surface area contributed by atoms with E-state index >= 15 is 0 Å². The van der Waals surface area contributed by atoms with Crippen molar-refractivity contribution in [2.45, 2.75) is 0 Å². The van der Waals surface area contributed by atoms with Gasteiger partial charge in [-0.3, -0.25) is 0 Å². The first-order valence-corrected chi connectivity index (χ1v) is 29.1. The highest BCUT2D eigenvalue weighted by molar-refractivity contribution is 6.14. The molecule has 0 bridgehead atoms. The van der Waals surface area contributed by atoms with E-state index in [1.165, 1.54) is 0 Å². The Morgan fingerprint density at radius 3 is 1.10 bits per heavy atom. The summed E-state index contributed by atoms with van der Waals surface area (Å²) in [5.74, 6) is 1.47. The van der Waals surface area contributed by atoms with Crippen LogP contribution in [0.25, 0.3) is 154 Å². The Morgan fingerprint density at radius 1 is 0.289 bits per heavy atom. The molecule has 0 unspecified atom stereocenters. The molecule has 414 valence electrons. The molecule has 0 aliphatic rings. The molecule has 0 saturated heterocycles. The van der Waals surface area contributed by atoms with Crippen molar-refractivity contribution in [1.82, 2.24) is 24.1 Å². The third-order valence-electron chi connectivity index (χ3n) is 16.8. The molecular formula is C80H44N10. The summed E-state index contributed by atoms with van der Waals surface area (Å²) in [6.07, 6.45) is 0. The maximum Gasteiger partial charge on any atom is 0.194 e. The molecule has 3 heterocycles. The van der Waals surface area contributed by atoms with E-state index in [9.17, 15) is 15.8 Å². The van der Waals surface area contributed by atoms with Gasteiger partial charge in [-0.15, -0.1) is 0 Å². The Labute approximate surface area is 517 Å². The average Bonchev–Trinajstić information content (AvgIpc) is 1.72. The number of hydrogen-bond acceptors (Lipinski definition) is 6. The second kappa shape index (κ2) is 22.3. The van der Waals surface area contributed by atoms with E-state index < -0.39 is 0 Å². The van der Waals surface area contributed by atoms with Gasteiger partial charge in [0.25, 0.3) is 0 Å². The third-order valence-corrected chi connectivity index (χ3v) is 16.8. The van der Waals surface area contributed by atoms with E-state index in [0.29, 0.717) is 56.8 Å². The fraction of sp³-hybridized carbons (Fsp3) is 0. The van der Waals surface area contributed by atoms with Crippen LogP contribution in [0, 0.1) is 47.1 Å². The molecule has 10 heteroatoms. The van der Waals surface area contributed by atoms with Crippen molar-refractivity contribution >= 4 is 55.0 Å². The van der Waals surface area contributed by atoms with E-state index in [-0.39, 0.29) is 0 Å². The molecule has 0 spiro atoms. The van der Waals surface area contributed by atoms with Crippen molar-refractivity contribution in [3.8, 4) is 119 Å². The highest BCUT2D eigenvalue weighted by atomic mass is 15.0. The number of nitriles is 3. The Morgan fingerprint density at radius 2 is 0.667 bits per heavy atom. The summed E-state index contributed by atoms with van der Waals surface area (Å²) in [5.41, 5.74) is 18.2. The van der Waals surface area contributed by atoms with Crippen LogP contribution in [-0.4, -0.2) is 24.1 Å². The number of para-hydroxylation sites is 2. The molecule has 0 N–H and O–H groups in total. The van der Waals surface area contributed by atoms with Gasteiger partial charge in [-0.1, -0.05) is 176 Å². The second-order valence-electron chi connectivity index (χ2n) is 21.8. The Balaban J connectivity index is 1.05. The topological polar surface area (TPSA) is 129 Å². The largest absolute Gasteiger partial charge is 0.309 e. The molecule has 0 atom stereocenters. The summed E-state index contributed by atoms with van der Waals surface area (Å²) in [6.45, 7) is 16.3. The Bertz CT molecular complexity index is 5400. The van der Waals surface area contributed by atoms with Gasteiger partial charge in [-0.2, -0.15) is 15.8 Å². The lowest BCUT2D eigenvalue weighted by atomic mass is 9.96. The zero-order chi connectivity index (χ0) is 60.8. The standard InChI is InChI=1S/C80H44N10/c1-84-70-27-15-13-25-62(70)55-32-38-74-68(44-55)66-42-53(60-23-11-9-21-58(60)48-82)30-36-73(66)89(74)72-40-34-57(80-87-78(51-17-5-3-6-18-51)86-79(88-80)52-19-7-4-8-20-52)46-65(72)64-35-29-50(47-81)41-77(64)90-75-37-31-54(61-24-12-10-22-59(61)49-83)43-67(75)69-45-56(33-39-76(69)90)63-26-14-16-28-71(63)85-2/h3-46H. The fourth-order valence-electron chi connectivity index (χ4n) is 12.6. The second-order valence-corrected chi connectivity index (χ2v) is 21.8. The quantitative estimate of drug-likeness (QED) is 0.125. The van der Waals surface area contributed by atoms with Gasteiger partial charge in [0.05, 0.1) is 81.5 Å². The Hall–Kier alpha value is -13.3. The predicted molar refractivity (Wildman–Crippen MR) is 359 cm³/mol. The molecule has 0 fully saturated rings. The number of nitrogens with zero attached hydrogens (tertiary/aromatic N) is 10. The average molecular weight is 1150 g/mol. The fourth-order valence-corrected chi connectivity index (χ4v) is 12.6. The molecule has 15 rings (SSSR count). The number of benzene rings is 12. The number of hydrogen-bond donors (Lipinski definition) is 0. The lowest BCUT2D eigenvalue weighted by Crippen LogP contribution is -2.04. The van der Waals surface area contributed by atoms with Crippen molar-refractivity contribution in [2.75, 3.05) is 0 Å². The van der Waals surface area contributed by atoms with Crippen LogP contribution in [0.15, 0.2) is 267 Å². The molecule has 15 aromatic rings. The summed E-state index contributed by atoms with van der Waals surface area (Å²) in [6, 6.07) is 94.9. The summed E-state index contributed by atoms with van der Waals surface area (Å²) < 4.78 is 4.50. The van der Waals surface area contributed by atoms with Gasteiger partial charge in [0.15, 0.2) is 28.8 Å². The predicted octanol–water partition coefficient (Wildman–Crippen LogP) is 20.1. The maximum atomic E-state index is 11.0. The monoisotopic (exact) mass is 1140 g/mol. The van der Waals surface area contributed by atoms with Gasteiger partial charge in [-0.25, -0.2) is 24.6 Å². The zero-order valence-corrected chi connectivity index (χ0v) is 47.9. The van der Waals surface area contributed by atoms with Gasteiger partial charge in [0, 0.05) is 49.4 Å². The summed E-state index contributed by atoms with van der Waals surface area (Å²) >= 11 is 0. The first-order valence-electron chi connectivity index (χ1n) is 29.1. The molecule has 3 aromatic heterocycles. The van der Waals surface area contributed by atoms with Gasteiger partial charge in [0.2, 0.25) is 0 Å². The lowest BCUT2D eigenvalue weighted by molar-refractivity contribution is 1.07. The van der Waals surface area contributed by atoms with Crippen LogP contribution in [0.3, 0.4) is 0 Å². The van der Waals surface area contributed by atoms with Gasteiger partial charge in [0.1, 0.15) is 0 Å². The van der Waals surface area contributed by atoms with Crippen LogP contribution in [0.4, 0.5) is 11.4 Å². The molecule has 0 aliphatic carbocycles. The van der Waals surface area contributed by atoms with Crippen LogP contribution in [-0.2, 0) is 0 Å². The summed E-state index contributed by atoms with van der Waals surface area (Å²) in [5, 5.41) is 35.4. The minimum atomic E-state index is 0.440. The van der Waals surface area contributed by atoms with Crippen LogP contribution >= 0.6 is 0 Å². The maximum absolute atomic E-state index is 11.0. The zero-order valence-electron chi connectivity index (χ0n) is 47.9. The first-order chi connectivity index (χ1) is 44.4. The van der Waals surface area contributed by atoms with Crippen LogP contribution < -0.4 is 0 Å². The molecule has 10 nitrogen and oxygen atoms in total. The van der Waals surface area contributed by atoms with Crippen molar-refractivity contribution in [2.24, 2.45) is 0 Å². The first kappa shape index (κ1) is 53.4. The van der Waals surface area contributed by atoms with Gasteiger partial charge >= 0.3 is 0 Å². The van der Waals surface area contributed by atoms with Crippen LogP contribution in [0.5, 0.6) is 0 Å². The van der Waals surface area contributed by atoms with E-state index in [1.807, 2.05) is 182 Å². The summed E-state index contributed by atoms with van der Waals surface area (Å²) in [4.78, 5) is 23.4. The van der Waals surface area contributed by atoms with E-state index in [2.05, 4.69) is 122 Å². The van der Waals surface area contributed by atoms with E-state index in [4.69, 9.17) is 28.1 Å². The molecule has 0 amide bonds. The van der Waals surface area contributed by atoms with Crippen molar-refractivity contribution in [3.05, 3.63) is 306 Å². The van der Waals surface area contributed by atoms with E-state index in [1.54, 1.807) is 0 Å². The van der Waals surface area contributed by atoms with Gasteiger partial charge in [-0.05, 0) is 136 Å². The smallest absolute Gasteiger partial charge is 0.194 e. The van der Waals surface area contributed by atoms with Crippen molar-refractivity contribution in [3.63, 3.8) is 0 Å². The van der Waals surface area contributed by atoms with E-state index in [0.717, 1.165) is 116 Å². The van der Waals surface area contributed by atoms with Crippen molar-refractivity contribution < 1.29 is 0 Å². The van der Waals surface area contributed by atoms with Crippen LogP contribution in [0.2, 0.25) is 0 Å². The minimum Gasteiger partial charge on any atom is -0.309 e.